The molecule has 1 heterocycles. The third kappa shape index (κ3) is 3.31. The van der Waals surface area contributed by atoms with Gasteiger partial charge in [-0.3, -0.25) is 0 Å². The predicted molar refractivity (Wildman–Crippen MR) is 75.1 cm³/mol. The average Bonchev–Trinajstić information content (AvgIpc) is 2.86. The third-order valence-corrected chi connectivity index (χ3v) is 5.12. The predicted octanol–water partition coefficient (Wildman–Crippen LogP) is 4.22. The fourth-order valence-electron chi connectivity index (χ4n) is 2.60. The molecule has 0 bridgehead atoms. The topological polar surface area (TPSA) is 12.0 Å². The number of thiophene rings is 1. The first-order chi connectivity index (χ1) is 7.79. The fraction of sp³-hybridized carbons (Fsp3) is 0.692. The van der Waals surface area contributed by atoms with Gasteiger partial charge in [-0.1, -0.05) is 13.3 Å². The van der Waals surface area contributed by atoms with E-state index in [-0.39, 0.29) is 0 Å². The SMILES string of the molecule is CCCNC1CCCC1Cc1cc(Br)cs1. The standard InChI is InChI=1S/C13H20BrNS/c1-2-6-15-13-5-3-4-10(13)7-12-8-11(14)9-16-12/h8-10,13,15H,2-7H2,1H3. The van der Waals surface area contributed by atoms with E-state index in [4.69, 9.17) is 0 Å². The summed E-state index contributed by atoms with van der Waals surface area (Å²) in [4.78, 5) is 1.53. The third-order valence-electron chi connectivity index (χ3n) is 3.40. The second-order valence-corrected chi connectivity index (χ2v) is 6.60. The molecule has 1 N–H and O–H groups in total. The maximum absolute atomic E-state index is 3.70. The van der Waals surface area contributed by atoms with Crippen LogP contribution in [0.5, 0.6) is 0 Å². The zero-order valence-corrected chi connectivity index (χ0v) is 12.2. The second kappa shape index (κ2) is 6.18. The van der Waals surface area contributed by atoms with Gasteiger partial charge in [-0.25, -0.2) is 0 Å². The number of hydrogen-bond donors (Lipinski definition) is 1. The molecule has 0 saturated heterocycles. The first-order valence-corrected chi connectivity index (χ1v) is 7.93. The highest BCUT2D eigenvalue weighted by molar-refractivity contribution is 9.10. The van der Waals surface area contributed by atoms with Gasteiger partial charge in [-0.05, 0) is 60.1 Å². The van der Waals surface area contributed by atoms with Crippen molar-refractivity contribution < 1.29 is 0 Å². The van der Waals surface area contributed by atoms with Crippen molar-refractivity contribution in [2.45, 2.75) is 45.1 Å². The lowest BCUT2D eigenvalue weighted by atomic mass is 9.98. The molecule has 2 atom stereocenters. The molecule has 1 aliphatic rings. The molecule has 2 unspecified atom stereocenters. The Hall–Kier alpha value is 0.140. The molecule has 1 nitrogen and oxygen atoms in total. The van der Waals surface area contributed by atoms with Crippen molar-refractivity contribution in [2.24, 2.45) is 5.92 Å². The lowest BCUT2D eigenvalue weighted by Crippen LogP contribution is -2.33. The monoisotopic (exact) mass is 301 g/mol. The Kier molecular flexibility index (Phi) is 4.86. The van der Waals surface area contributed by atoms with Crippen LogP contribution in [-0.4, -0.2) is 12.6 Å². The van der Waals surface area contributed by atoms with Crippen LogP contribution in [0.2, 0.25) is 0 Å². The van der Waals surface area contributed by atoms with E-state index in [9.17, 15) is 0 Å². The molecular formula is C13H20BrNS. The molecule has 1 aliphatic carbocycles. The fourth-order valence-corrected chi connectivity index (χ4v) is 4.14. The van der Waals surface area contributed by atoms with E-state index in [2.05, 4.69) is 39.6 Å². The molecule has 2 rings (SSSR count). The van der Waals surface area contributed by atoms with E-state index < -0.39 is 0 Å². The molecule has 0 aromatic carbocycles. The molecule has 90 valence electrons. The Morgan fingerprint density at radius 2 is 2.38 bits per heavy atom. The van der Waals surface area contributed by atoms with E-state index in [1.54, 1.807) is 0 Å². The van der Waals surface area contributed by atoms with Crippen LogP contribution in [0.1, 0.15) is 37.5 Å². The summed E-state index contributed by atoms with van der Waals surface area (Å²) >= 11 is 5.42. The Labute approximate surface area is 111 Å². The number of halogens is 1. The van der Waals surface area contributed by atoms with Crippen molar-refractivity contribution in [1.29, 1.82) is 0 Å². The van der Waals surface area contributed by atoms with Gasteiger partial charge in [0.2, 0.25) is 0 Å². The molecule has 16 heavy (non-hydrogen) atoms. The second-order valence-electron chi connectivity index (χ2n) is 4.69. The zero-order chi connectivity index (χ0) is 11.4. The van der Waals surface area contributed by atoms with Gasteiger partial charge in [0.05, 0.1) is 0 Å². The summed E-state index contributed by atoms with van der Waals surface area (Å²) in [5.74, 6) is 0.858. The van der Waals surface area contributed by atoms with Gasteiger partial charge in [-0.15, -0.1) is 11.3 Å². The Morgan fingerprint density at radius 1 is 1.50 bits per heavy atom. The Morgan fingerprint density at radius 3 is 3.06 bits per heavy atom. The summed E-state index contributed by atoms with van der Waals surface area (Å²) in [7, 11) is 0. The molecular weight excluding hydrogens is 282 g/mol. The van der Waals surface area contributed by atoms with Gasteiger partial charge in [0, 0.05) is 20.8 Å². The highest BCUT2D eigenvalue weighted by Crippen LogP contribution is 2.31. The average molecular weight is 302 g/mol. The van der Waals surface area contributed by atoms with Crippen molar-refractivity contribution >= 4 is 27.3 Å². The number of nitrogens with one attached hydrogen (secondary N) is 1. The van der Waals surface area contributed by atoms with Crippen LogP contribution in [0.15, 0.2) is 15.9 Å². The quantitative estimate of drug-likeness (QED) is 0.858. The first-order valence-electron chi connectivity index (χ1n) is 6.26. The van der Waals surface area contributed by atoms with Gasteiger partial charge >= 0.3 is 0 Å². The van der Waals surface area contributed by atoms with E-state index in [0.29, 0.717) is 0 Å². The van der Waals surface area contributed by atoms with Gasteiger partial charge in [0.15, 0.2) is 0 Å². The maximum atomic E-state index is 3.70. The highest BCUT2D eigenvalue weighted by Gasteiger charge is 2.26. The van der Waals surface area contributed by atoms with Crippen LogP contribution in [0.3, 0.4) is 0 Å². The van der Waals surface area contributed by atoms with Crippen LogP contribution < -0.4 is 5.32 Å². The molecule has 3 heteroatoms. The molecule has 0 amide bonds. The molecule has 0 radical (unpaired) electrons. The number of hydrogen-bond acceptors (Lipinski definition) is 2. The van der Waals surface area contributed by atoms with Crippen molar-refractivity contribution in [3.05, 3.63) is 20.8 Å². The van der Waals surface area contributed by atoms with Gasteiger partial charge in [0.25, 0.3) is 0 Å². The maximum Gasteiger partial charge on any atom is 0.0285 e. The number of rotatable bonds is 5. The van der Waals surface area contributed by atoms with Crippen LogP contribution in [0.25, 0.3) is 0 Å². The van der Waals surface area contributed by atoms with E-state index in [1.807, 2.05) is 11.3 Å². The van der Waals surface area contributed by atoms with Crippen molar-refractivity contribution in [3.63, 3.8) is 0 Å². The largest absolute Gasteiger partial charge is 0.314 e. The van der Waals surface area contributed by atoms with Gasteiger partial charge in [-0.2, -0.15) is 0 Å². The minimum atomic E-state index is 0.765. The van der Waals surface area contributed by atoms with E-state index >= 15 is 0 Å². The Balaban J connectivity index is 1.88. The van der Waals surface area contributed by atoms with Crippen LogP contribution in [0, 0.1) is 5.92 Å². The molecule has 1 saturated carbocycles. The van der Waals surface area contributed by atoms with Gasteiger partial charge < -0.3 is 5.32 Å². The summed E-state index contributed by atoms with van der Waals surface area (Å²) < 4.78 is 1.24. The van der Waals surface area contributed by atoms with Crippen molar-refractivity contribution in [2.75, 3.05) is 6.54 Å². The zero-order valence-electron chi connectivity index (χ0n) is 9.84. The normalized spacial score (nSPS) is 25.1. The summed E-state index contributed by atoms with van der Waals surface area (Å²) in [6.07, 6.45) is 6.68. The molecule has 0 aliphatic heterocycles. The smallest absolute Gasteiger partial charge is 0.0285 e. The first kappa shape index (κ1) is 12.6. The lowest BCUT2D eigenvalue weighted by Gasteiger charge is -2.20. The summed E-state index contributed by atoms with van der Waals surface area (Å²) in [5, 5.41) is 5.89. The van der Waals surface area contributed by atoms with Crippen molar-refractivity contribution in [3.8, 4) is 0 Å². The summed E-state index contributed by atoms with van der Waals surface area (Å²) in [5.41, 5.74) is 0. The van der Waals surface area contributed by atoms with E-state index in [1.165, 1.54) is 48.0 Å². The minimum Gasteiger partial charge on any atom is -0.314 e. The van der Waals surface area contributed by atoms with Crippen LogP contribution in [0.4, 0.5) is 0 Å². The Bertz CT molecular complexity index is 323. The molecule has 1 aromatic heterocycles. The van der Waals surface area contributed by atoms with Crippen molar-refractivity contribution in [1.82, 2.24) is 5.32 Å². The van der Waals surface area contributed by atoms with Crippen LogP contribution in [-0.2, 0) is 6.42 Å². The molecule has 1 fully saturated rings. The van der Waals surface area contributed by atoms with Crippen LogP contribution >= 0.6 is 27.3 Å². The summed E-state index contributed by atoms with van der Waals surface area (Å²) in [6.45, 7) is 3.42. The molecule has 0 spiro atoms. The van der Waals surface area contributed by atoms with Gasteiger partial charge in [0.1, 0.15) is 0 Å². The highest BCUT2D eigenvalue weighted by atomic mass is 79.9. The summed E-state index contributed by atoms with van der Waals surface area (Å²) in [6, 6.07) is 3.04. The lowest BCUT2D eigenvalue weighted by molar-refractivity contribution is 0.401. The van der Waals surface area contributed by atoms with E-state index in [0.717, 1.165) is 12.0 Å². The minimum absolute atomic E-state index is 0.765. The molecule has 1 aromatic rings.